The highest BCUT2D eigenvalue weighted by atomic mass is 19.2. The van der Waals surface area contributed by atoms with Crippen molar-refractivity contribution in [3.8, 4) is 0 Å². The normalized spacial score (nSPS) is 20.4. The van der Waals surface area contributed by atoms with Gasteiger partial charge in [0.15, 0.2) is 11.6 Å². The highest BCUT2D eigenvalue weighted by Gasteiger charge is 2.29. The summed E-state index contributed by atoms with van der Waals surface area (Å²) in [6.07, 6.45) is 0.974. The van der Waals surface area contributed by atoms with E-state index in [1.54, 1.807) is 10.8 Å². The van der Waals surface area contributed by atoms with Gasteiger partial charge in [0.25, 0.3) is 0 Å². The van der Waals surface area contributed by atoms with Crippen molar-refractivity contribution in [3.63, 3.8) is 0 Å². The third kappa shape index (κ3) is 3.37. The predicted molar refractivity (Wildman–Crippen MR) is 97.4 cm³/mol. The molecule has 0 saturated carbocycles. The Balaban J connectivity index is 1.80. The Hall–Kier alpha value is -2.61. The zero-order valence-corrected chi connectivity index (χ0v) is 14.9. The summed E-state index contributed by atoms with van der Waals surface area (Å²) in [6.45, 7) is 3.00. The summed E-state index contributed by atoms with van der Waals surface area (Å²) < 4.78 is 43.1. The van der Waals surface area contributed by atoms with Gasteiger partial charge in [-0.05, 0) is 25.0 Å². The zero-order valence-electron chi connectivity index (χ0n) is 14.9. The minimum Gasteiger partial charge on any atom is -0.340 e. The van der Waals surface area contributed by atoms with Crippen molar-refractivity contribution in [2.75, 3.05) is 18.0 Å². The van der Waals surface area contributed by atoms with Crippen molar-refractivity contribution in [1.29, 1.82) is 0 Å². The van der Waals surface area contributed by atoms with E-state index in [1.807, 2.05) is 24.0 Å². The van der Waals surface area contributed by atoms with Crippen LogP contribution in [-0.2, 0) is 6.54 Å². The summed E-state index contributed by atoms with van der Waals surface area (Å²) >= 11 is 0. The van der Waals surface area contributed by atoms with Gasteiger partial charge in [0, 0.05) is 31.4 Å². The standard InChI is InChI=1S/C19H20F3N5/c1-11-2-3-12(24-8-11)9-27-18-7-15(22)14(21)6-17(18)25-19(27)26-5-4-13(20)16(23)10-26/h2-3,6-8,13,16H,4-5,9-10,23H2,1H3/t13?,16-/m1/s1. The lowest BCUT2D eigenvalue weighted by Gasteiger charge is -2.34. The number of rotatable bonds is 3. The maximum atomic E-state index is 13.9. The number of alkyl halides is 1. The average Bonchev–Trinajstić information content (AvgIpc) is 2.97. The number of aryl methyl sites for hydroxylation is 1. The number of imidazole rings is 1. The predicted octanol–water partition coefficient (Wildman–Crippen LogP) is 2.94. The quantitative estimate of drug-likeness (QED) is 0.765. The first-order chi connectivity index (χ1) is 12.9. The lowest BCUT2D eigenvalue weighted by atomic mass is 10.1. The molecule has 1 unspecified atom stereocenters. The number of benzene rings is 1. The highest BCUT2D eigenvalue weighted by molar-refractivity contribution is 5.79. The molecule has 2 aromatic heterocycles. The van der Waals surface area contributed by atoms with Crippen LogP contribution in [0.4, 0.5) is 19.1 Å². The molecule has 1 aliphatic rings. The molecule has 8 heteroatoms. The Morgan fingerprint density at radius 3 is 2.70 bits per heavy atom. The fourth-order valence-electron chi connectivity index (χ4n) is 3.39. The molecule has 0 aliphatic carbocycles. The molecule has 0 amide bonds. The molecule has 1 fully saturated rings. The molecule has 142 valence electrons. The van der Waals surface area contributed by atoms with Crippen LogP contribution in [0.25, 0.3) is 11.0 Å². The van der Waals surface area contributed by atoms with E-state index in [0.29, 0.717) is 30.1 Å². The number of halogens is 3. The fourth-order valence-corrected chi connectivity index (χ4v) is 3.39. The molecule has 1 aromatic carbocycles. The summed E-state index contributed by atoms with van der Waals surface area (Å²) in [5.41, 5.74) is 8.47. The van der Waals surface area contributed by atoms with Gasteiger partial charge in [0.2, 0.25) is 5.95 Å². The van der Waals surface area contributed by atoms with Gasteiger partial charge < -0.3 is 15.2 Å². The monoisotopic (exact) mass is 375 g/mol. The number of pyridine rings is 1. The van der Waals surface area contributed by atoms with Gasteiger partial charge in [-0.2, -0.15) is 0 Å². The number of fused-ring (bicyclic) bond motifs is 1. The number of anilines is 1. The molecule has 1 aliphatic heterocycles. The number of aromatic nitrogens is 3. The fraction of sp³-hybridized carbons (Fsp3) is 0.368. The van der Waals surface area contributed by atoms with E-state index in [9.17, 15) is 13.2 Å². The molecule has 0 spiro atoms. The molecule has 5 nitrogen and oxygen atoms in total. The highest BCUT2D eigenvalue weighted by Crippen LogP contribution is 2.28. The largest absolute Gasteiger partial charge is 0.340 e. The topological polar surface area (TPSA) is 60.0 Å². The lowest BCUT2D eigenvalue weighted by Crippen LogP contribution is -2.50. The minimum atomic E-state index is -1.06. The first kappa shape index (κ1) is 17.8. The van der Waals surface area contributed by atoms with E-state index in [4.69, 9.17) is 5.73 Å². The Morgan fingerprint density at radius 1 is 1.22 bits per heavy atom. The van der Waals surface area contributed by atoms with Gasteiger partial charge in [0.05, 0.1) is 29.3 Å². The van der Waals surface area contributed by atoms with E-state index < -0.39 is 23.8 Å². The number of nitrogens with zero attached hydrogens (tertiary/aromatic N) is 4. The summed E-state index contributed by atoms with van der Waals surface area (Å²) in [5.74, 6) is -1.38. The summed E-state index contributed by atoms with van der Waals surface area (Å²) in [7, 11) is 0. The number of hydrogen-bond acceptors (Lipinski definition) is 4. The van der Waals surface area contributed by atoms with E-state index in [1.165, 1.54) is 0 Å². The van der Waals surface area contributed by atoms with E-state index in [-0.39, 0.29) is 13.0 Å². The van der Waals surface area contributed by atoms with Crippen LogP contribution in [0.5, 0.6) is 0 Å². The van der Waals surface area contributed by atoms with E-state index >= 15 is 0 Å². The van der Waals surface area contributed by atoms with Crippen LogP contribution in [0.3, 0.4) is 0 Å². The van der Waals surface area contributed by atoms with Crippen molar-refractivity contribution in [1.82, 2.24) is 14.5 Å². The van der Waals surface area contributed by atoms with Crippen LogP contribution in [0.2, 0.25) is 0 Å². The van der Waals surface area contributed by atoms with Gasteiger partial charge in [-0.3, -0.25) is 4.98 Å². The molecular formula is C19H20F3N5. The van der Waals surface area contributed by atoms with Gasteiger partial charge in [0.1, 0.15) is 6.17 Å². The third-order valence-electron chi connectivity index (χ3n) is 4.92. The Labute approximate surface area is 154 Å². The molecule has 0 radical (unpaired) electrons. The van der Waals surface area contributed by atoms with Gasteiger partial charge in [-0.15, -0.1) is 0 Å². The minimum absolute atomic E-state index is 0.288. The molecule has 1 saturated heterocycles. The molecule has 27 heavy (non-hydrogen) atoms. The molecule has 0 bridgehead atoms. The number of nitrogens with two attached hydrogens (primary N) is 1. The van der Waals surface area contributed by atoms with Gasteiger partial charge in [-0.25, -0.2) is 18.2 Å². The maximum Gasteiger partial charge on any atom is 0.206 e. The first-order valence-electron chi connectivity index (χ1n) is 8.84. The maximum absolute atomic E-state index is 13.9. The Bertz CT molecular complexity index is 970. The van der Waals surface area contributed by atoms with Crippen molar-refractivity contribution in [2.45, 2.75) is 32.1 Å². The smallest absolute Gasteiger partial charge is 0.206 e. The molecule has 4 rings (SSSR count). The van der Waals surface area contributed by atoms with Crippen molar-refractivity contribution >= 4 is 17.0 Å². The lowest BCUT2D eigenvalue weighted by molar-refractivity contribution is 0.243. The zero-order chi connectivity index (χ0) is 19.1. The number of piperidine rings is 1. The van der Waals surface area contributed by atoms with Crippen LogP contribution in [0.1, 0.15) is 17.7 Å². The SMILES string of the molecule is Cc1ccc(Cn2c(N3CCC(F)[C@H](N)C3)nc3cc(F)c(F)cc32)nc1. The second-order valence-corrected chi connectivity index (χ2v) is 6.99. The van der Waals surface area contributed by atoms with E-state index in [2.05, 4.69) is 9.97 Å². The van der Waals surface area contributed by atoms with Crippen molar-refractivity contribution < 1.29 is 13.2 Å². The summed E-state index contributed by atoms with van der Waals surface area (Å²) in [4.78, 5) is 10.7. The average molecular weight is 375 g/mol. The van der Waals surface area contributed by atoms with Crippen LogP contribution in [-0.4, -0.2) is 39.8 Å². The molecule has 3 aromatic rings. The first-order valence-corrected chi connectivity index (χ1v) is 8.84. The van der Waals surface area contributed by atoms with Crippen LogP contribution in [0, 0.1) is 18.6 Å². The second kappa shape index (κ2) is 6.84. The number of hydrogen-bond donors (Lipinski definition) is 1. The van der Waals surface area contributed by atoms with Gasteiger partial charge >= 0.3 is 0 Å². The van der Waals surface area contributed by atoms with Crippen molar-refractivity contribution in [3.05, 3.63) is 53.4 Å². The molecule has 3 heterocycles. The molecular weight excluding hydrogens is 355 g/mol. The Kier molecular flexibility index (Phi) is 4.51. The Morgan fingerprint density at radius 2 is 2.00 bits per heavy atom. The van der Waals surface area contributed by atoms with Crippen LogP contribution >= 0.6 is 0 Å². The molecule has 2 N–H and O–H groups in total. The summed E-state index contributed by atoms with van der Waals surface area (Å²) in [5, 5.41) is 0. The van der Waals surface area contributed by atoms with Crippen LogP contribution < -0.4 is 10.6 Å². The summed E-state index contributed by atoms with van der Waals surface area (Å²) in [6, 6.07) is 5.40. The van der Waals surface area contributed by atoms with E-state index in [0.717, 1.165) is 23.4 Å². The third-order valence-corrected chi connectivity index (χ3v) is 4.92. The van der Waals surface area contributed by atoms with Gasteiger partial charge in [-0.1, -0.05) is 6.07 Å². The molecule has 2 atom stereocenters. The van der Waals surface area contributed by atoms with Crippen molar-refractivity contribution in [2.24, 2.45) is 5.73 Å². The van der Waals surface area contributed by atoms with Crippen LogP contribution in [0.15, 0.2) is 30.5 Å². The second-order valence-electron chi connectivity index (χ2n) is 6.99.